The molecule has 0 radical (unpaired) electrons. The second kappa shape index (κ2) is 8.62. The van der Waals surface area contributed by atoms with Crippen LogP contribution in [-0.4, -0.2) is 11.2 Å². The Morgan fingerprint density at radius 1 is 0.939 bits per heavy atom. The Kier molecular flexibility index (Phi) is 5.33. The van der Waals surface area contributed by atoms with Gasteiger partial charge in [0.1, 0.15) is 24.7 Å². The molecule has 3 heteroatoms. The second-order valence-electron chi connectivity index (χ2n) is 9.55. The molecule has 4 aromatic rings. The summed E-state index contributed by atoms with van der Waals surface area (Å²) in [5.74, 6) is 2.42. The molecule has 0 unspecified atom stereocenters. The number of benzene rings is 3. The highest BCUT2D eigenvalue weighted by atomic mass is 16.5. The summed E-state index contributed by atoms with van der Waals surface area (Å²) in [5.41, 5.74) is 7.94. The third kappa shape index (κ3) is 3.80. The Morgan fingerprint density at radius 2 is 1.79 bits per heavy atom. The molecule has 1 aromatic heterocycles. The van der Waals surface area contributed by atoms with E-state index in [1.165, 1.54) is 71.0 Å². The highest BCUT2D eigenvalue weighted by molar-refractivity contribution is 5.94. The molecule has 1 aliphatic carbocycles. The van der Waals surface area contributed by atoms with E-state index in [0.29, 0.717) is 19.1 Å². The van der Waals surface area contributed by atoms with Crippen LogP contribution in [-0.2, 0) is 13.2 Å². The maximum atomic E-state index is 6.30. The topological polar surface area (TPSA) is 23.4 Å². The maximum absolute atomic E-state index is 6.30. The number of hydrogen-bond donors (Lipinski definition) is 0. The van der Waals surface area contributed by atoms with Crippen LogP contribution in [0, 0.1) is 6.92 Å². The smallest absolute Gasteiger partial charge is 0.132 e. The van der Waals surface area contributed by atoms with E-state index in [4.69, 9.17) is 9.47 Å². The van der Waals surface area contributed by atoms with Gasteiger partial charge in [-0.2, -0.15) is 0 Å². The van der Waals surface area contributed by atoms with Gasteiger partial charge in [-0.3, -0.25) is 0 Å². The molecule has 0 N–H and O–H groups in total. The van der Waals surface area contributed by atoms with Crippen LogP contribution in [0.3, 0.4) is 0 Å². The van der Waals surface area contributed by atoms with E-state index in [9.17, 15) is 0 Å². The molecule has 33 heavy (non-hydrogen) atoms. The zero-order valence-corrected chi connectivity index (χ0v) is 19.3. The molecule has 0 atom stereocenters. The first-order valence-corrected chi connectivity index (χ1v) is 12.3. The summed E-state index contributed by atoms with van der Waals surface area (Å²) in [7, 11) is 0. The highest BCUT2D eigenvalue weighted by Crippen LogP contribution is 2.47. The predicted octanol–water partition coefficient (Wildman–Crippen LogP) is 7.64. The third-order valence-electron chi connectivity index (χ3n) is 7.30. The molecule has 0 amide bonds. The van der Waals surface area contributed by atoms with E-state index in [2.05, 4.69) is 60.0 Å². The van der Waals surface area contributed by atoms with Crippen LogP contribution in [0.15, 0.2) is 66.7 Å². The fourth-order valence-corrected chi connectivity index (χ4v) is 5.71. The average Bonchev–Trinajstić information content (AvgIpc) is 3.05. The van der Waals surface area contributed by atoms with Crippen molar-refractivity contribution in [3.63, 3.8) is 0 Å². The van der Waals surface area contributed by atoms with Crippen molar-refractivity contribution in [3.05, 3.63) is 83.4 Å². The summed E-state index contributed by atoms with van der Waals surface area (Å²) in [5, 5.41) is 1.43. The Balaban J connectivity index is 1.45. The lowest BCUT2D eigenvalue weighted by atomic mass is 9.81. The summed E-state index contributed by atoms with van der Waals surface area (Å²) in [4.78, 5) is 0. The van der Waals surface area contributed by atoms with Gasteiger partial charge in [-0.25, -0.2) is 0 Å². The monoisotopic (exact) mass is 437 g/mol. The molecule has 1 aliphatic heterocycles. The standard InChI is InChI=1S/C30H31NO2/c1-21-12-14-25-27(18-21)31-16-17-32-28-19-24(33-20-22-8-4-2-5-9-22)13-15-26(28)30(31)29(25)23-10-6-3-7-11-23/h2,4-5,8-9,12-15,18-19,23H,3,6-7,10-11,16-17,20H2,1H3. The summed E-state index contributed by atoms with van der Waals surface area (Å²) in [6.07, 6.45) is 6.60. The molecular weight excluding hydrogens is 406 g/mol. The van der Waals surface area contributed by atoms with E-state index in [1.54, 1.807) is 0 Å². The molecule has 1 saturated carbocycles. The lowest BCUT2D eigenvalue weighted by Crippen LogP contribution is -2.07. The van der Waals surface area contributed by atoms with Gasteiger partial charge in [0.15, 0.2) is 0 Å². The summed E-state index contributed by atoms with van der Waals surface area (Å²) >= 11 is 0. The van der Waals surface area contributed by atoms with Crippen LogP contribution in [0.4, 0.5) is 0 Å². The van der Waals surface area contributed by atoms with Crippen molar-refractivity contribution in [2.45, 2.75) is 58.1 Å². The molecule has 3 nitrogen and oxygen atoms in total. The van der Waals surface area contributed by atoms with Crippen molar-refractivity contribution in [2.75, 3.05) is 6.61 Å². The third-order valence-corrected chi connectivity index (χ3v) is 7.30. The quantitative estimate of drug-likeness (QED) is 0.327. The van der Waals surface area contributed by atoms with Gasteiger partial charge in [0.05, 0.1) is 12.2 Å². The fourth-order valence-electron chi connectivity index (χ4n) is 5.71. The van der Waals surface area contributed by atoms with Gasteiger partial charge in [-0.15, -0.1) is 0 Å². The number of nitrogens with zero attached hydrogens (tertiary/aromatic N) is 1. The largest absolute Gasteiger partial charge is 0.491 e. The van der Waals surface area contributed by atoms with Crippen molar-refractivity contribution in [1.82, 2.24) is 4.57 Å². The molecular formula is C30H31NO2. The SMILES string of the molecule is Cc1ccc2c(C3CCCCC3)c3n(c2c1)CCOc1cc(OCc2ccccc2)ccc1-3. The Morgan fingerprint density at radius 3 is 2.64 bits per heavy atom. The highest BCUT2D eigenvalue weighted by Gasteiger charge is 2.29. The minimum absolute atomic E-state index is 0.562. The van der Waals surface area contributed by atoms with Gasteiger partial charge < -0.3 is 14.0 Å². The van der Waals surface area contributed by atoms with Crippen molar-refractivity contribution >= 4 is 10.9 Å². The Labute approximate surface area is 196 Å². The Hall–Kier alpha value is -3.20. The lowest BCUT2D eigenvalue weighted by molar-refractivity contribution is 0.292. The molecule has 168 valence electrons. The first-order chi connectivity index (χ1) is 16.3. The molecule has 3 aromatic carbocycles. The molecule has 0 saturated heterocycles. The van der Waals surface area contributed by atoms with E-state index in [1.807, 2.05) is 18.2 Å². The zero-order chi connectivity index (χ0) is 22.2. The van der Waals surface area contributed by atoms with Crippen molar-refractivity contribution in [1.29, 1.82) is 0 Å². The number of aryl methyl sites for hydroxylation is 1. The van der Waals surface area contributed by atoms with Gasteiger partial charge in [-0.05, 0) is 60.6 Å². The van der Waals surface area contributed by atoms with Crippen LogP contribution in [0.25, 0.3) is 22.2 Å². The molecule has 2 heterocycles. The van der Waals surface area contributed by atoms with Crippen LogP contribution in [0.2, 0.25) is 0 Å². The van der Waals surface area contributed by atoms with Crippen LogP contribution < -0.4 is 9.47 Å². The minimum atomic E-state index is 0.562. The number of rotatable bonds is 4. The number of aromatic nitrogens is 1. The second-order valence-corrected chi connectivity index (χ2v) is 9.55. The Bertz CT molecular complexity index is 1280. The summed E-state index contributed by atoms with van der Waals surface area (Å²) in [6, 6.07) is 23.7. The van der Waals surface area contributed by atoms with Crippen molar-refractivity contribution in [2.24, 2.45) is 0 Å². The van der Waals surface area contributed by atoms with E-state index in [0.717, 1.165) is 18.0 Å². The lowest BCUT2D eigenvalue weighted by Gasteiger charge is -2.23. The number of ether oxygens (including phenoxy) is 2. The molecule has 1 fully saturated rings. The van der Waals surface area contributed by atoms with Gasteiger partial charge in [0.25, 0.3) is 0 Å². The van der Waals surface area contributed by atoms with Crippen molar-refractivity contribution < 1.29 is 9.47 Å². The maximum Gasteiger partial charge on any atom is 0.132 e. The van der Waals surface area contributed by atoms with E-state index < -0.39 is 0 Å². The van der Waals surface area contributed by atoms with Gasteiger partial charge >= 0.3 is 0 Å². The molecule has 6 rings (SSSR count). The molecule has 0 spiro atoms. The minimum Gasteiger partial charge on any atom is -0.491 e. The average molecular weight is 438 g/mol. The zero-order valence-electron chi connectivity index (χ0n) is 19.3. The predicted molar refractivity (Wildman–Crippen MR) is 134 cm³/mol. The first-order valence-electron chi connectivity index (χ1n) is 12.3. The first kappa shape index (κ1) is 20.4. The summed E-state index contributed by atoms with van der Waals surface area (Å²) in [6.45, 7) is 4.30. The van der Waals surface area contributed by atoms with Crippen molar-refractivity contribution in [3.8, 4) is 22.8 Å². The molecule has 0 bridgehead atoms. The fraction of sp³-hybridized carbons (Fsp3) is 0.333. The van der Waals surface area contributed by atoms with Crippen LogP contribution in [0.1, 0.15) is 54.7 Å². The van der Waals surface area contributed by atoms with E-state index in [-0.39, 0.29) is 0 Å². The van der Waals surface area contributed by atoms with Crippen LogP contribution >= 0.6 is 0 Å². The normalized spacial score (nSPS) is 16.0. The van der Waals surface area contributed by atoms with E-state index >= 15 is 0 Å². The number of fused-ring (bicyclic) bond motifs is 5. The molecule has 2 aliphatic rings. The van der Waals surface area contributed by atoms with Crippen LogP contribution in [0.5, 0.6) is 11.5 Å². The van der Waals surface area contributed by atoms with Gasteiger partial charge in [-0.1, -0.05) is 61.7 Å². The van der Waals surface area contributed by atoms with Gasteiger partial charge in [0.2, 0.25) is 0 Å². The summed E-state index contributed by atoms with van der Waals surface area (Å²) < 4.78 is 14.9. The number of hydrogen-bond acceptors (Lipinski definition) is 2. The van der Waals surface area contributed by atoms with Gasteiger partial charge in [0, 0.05) is 22.5 Å².